The van der Waals surface area contributed by atoms with Gasteiger partial charge in [-0.15, -0.1) is 0 Å². The Morgan fingerprint density at radius 3 is 2.54 bits per heavy atom. The maximum absolute atomic E-state index is 13.2. The Morgan fingerprint density at radius 1 is 1.15 bits per heavy atom. The fraction of sp³-hybridized carbons (Fsp3) is 0.500. The first-order valence-corrected chi connectivity index (χ1v) is 13.2. The minimum Gasteiger partial charge on any atom is -0.385 e. The number of hydrogen-bond acceptors (Lipinski definition) is 6. The fourth-order valence-corrected chi connectivity index (χ4v) is 5.72. The molecular formula is C28H35F3N6O2. The van der Waals surface area contributed by atoms with Gasteiger partial charge in [-0.1, -0.05) is 12.1 Å². The van der Waals surface area contributed by atoms with Crippen LogP contribution in [0, 0.1) is 0 Å². The minimum absolute atomic E-state index is 0.0224. The highest BCUT2D eigenvalue weighted by Gasteiger charge is 2.40. The summed E-state index contributed by atoms with van der Waals surface area (Å²) >= 11 is 0. The molecule has 39 heavy (non-hydrogen) atoms. The number of aromatic nitrogens is 2. The first kappa shape index (κ1) is 27.3. The molecule has 2 heterocycles. The number of anilines is 2. The Morgan fingerprint density at radius 2 is 1.87 bits per heavy atom. The molecule has 0 bridgehead atoms. The van der Waals surface area contributed by atoms with E-state index in [1.165, 1.54) is 10.7 Å². The van der Waals surface area contributed by atoms with Crippen LogP contribution in [0.2, 0.25) is 0 Å². The van der Waals surface area contributed by atoms with E-state index >= 15 is 0 Å². The highest BCUT2D eigenvalue weighted by molar-refractivity contribution is 5.92. The molecule has 1 amide bonds. The third-order valence-electron chi connectivity index (χ3n) is 8.07. The van der Waals surface area contributed by atoms with Crippen molar-refractivity contribution in [2.24, 2.45) is 7.05 Å². The lowest BCUT2D eigenvalue weighted by atomic mass is 9.76. The summed E-state index contributed by atoms with van der Waals surface area (Å²) in [7, 11) is 5.63. The Balaban J connectivity index is 1.09. The Kier molecular flexibility index (Phi) is 7.23. The van der Waals surface area contributed by atoms with Crippen LogP contribution in [-0.4, -0.2) is 71.5 Å². The molecule has 1 aromatic heterocycles. The second-order valence-electron chi connectivity index (χ2n) is 11.0. The van der Waals surface area contributed by atoms with E-state index in [1.807, 2.05) is 37.2 Å². The van der Waals surface area contributed by atoms with Gasteiger partial charge < -0.3 is 20.6 Å². The summed E-state index contributed by atoms with van der Waals surface area (Å²) in [4.78, 5) is 16.9. The van der Waals surface area contributed by atoms with E-state index in [0.717, 1.165) is 49.3 Å². The number of nitrogens with one attached hydrogen (secondary N) is 2. The molecule has 2 fully saturated rings. The Hall–Kier alpha value is -3.31. The van der Waals surface area contributed by atoms with E-state index in [1.54, 1.807) is 7.05 Å². The summed E-state index contributed by atoms with van der Waals surface area (Å²) in [5, 5.41) is 21.8. The van der Waals surface area contributed by atoms with Crippen molar-refractivity contribution in [3.63, 3.8) is 0 Å². The number of rotatable bonds is 7. The molecule has 210 valence electrons. The molecule has 2 aliphatic rings. The van der Waals surface area contributed by atoms with Gasteiger partial charge in [-0.2, -0.15) is 18.3 Å². The number of carbonyl (C=O) groups excluding carboxylic acids is 1. The predicted octanol–water partition coefficient (Wildman–Crippen LogP) is 3.70. The molecule has 3 N–H and O–H groups in total. The molecule has 1 aliphatic heterocycles. The normalized spacial score (nSPS) is 22.5. The van der Waals surface area contributed by atoms with Gasteiger partial charge in [-0.25, -0.2) is 0 Å². The minimum atomic E-state index is -4.46. The highest BCUT2D eigenvalue weighted by Crippen LogP contribution is 2.40. The van der Waals surface area contributed by atoms with Crippen molar-refractivity contribution in [1.82, 2.24) is 20.0 Å². The van der Waals surface area contributed by atoms with Crippen LogP contribution in [0.15, 0.2) is 42.5 Å². The van der Waals surface area contributed by atoms with Crippen molar-refractivity contribution >= 4 is 28.3 Å². The maximum atomic E-state index is 13.2. The molecule has 0 spiro atoms. The van der Waals surface area contributed by atoms with Gasteiger partial charge in [0, 0.05) is 51.3 Å². The summed E-state index contributed by atoms with van der Waals surface area (Å²) in [6, 6.07) is 11.9. The van der Waals surface area contributed by atoms with Gasteiger partial charge in [0.25, 0.3) is 0 Å². The zero-order valence-electron chi connectivity index (χ0n) is 22.4. The summed E-state index contributed by atoms with van der Waals surface area (Å²) in [5.41, 5.74) is 1.01. The van der Waals surface area contributed by atoms with E-state index < -0.39 is 17.3 Å². The molecule has 1 aliphatic carbocycles. The molecule has 8 nitrogen and oxygen atoms in total. The van der Waals surface area contributed by atoms with E-state index in [0.29, 0.717) is 29.8 Å². The average Bonchev–Trinajstić information content (AvgIpc) is 3.20. The summed E-state index contributed by atoms with van der Waals surface area (Å²) < 4.78 is 40.9. The third-order valence-corrected chi connectivity index (χ3v) is 8.07. The molecule has 0 radical (unpaired) electrons. The summed E-state index contributed by atoms with van der Waals surface area (Å²) in [6.45, 7) is 1.40. The fourth-order valence-electron chi connectivity index (χ4n) is 5.72. The van der Waals surface area contributed by atoms with Crippen LogP contribution >= 0.6 is 0 Å². The van der Waals surface area contributed by atoms with E-state index in [4.69, 9.17) is 0 Å². The quantitative estimate of drug-likeness (QED) is 0.421. The van der Waals surface area contributed by atoms with Crippen LogP contribution < -0.4 is 15.5 Å². The number of benzene rings is 2. The summed E-state index contributed by atoms with van der Waals surface area (Å²) in [6.07, 6.45) is -1.29. The smallest absolute Gasteiger partial charge is 0.385 e. The van der Waals surface area contributed by atoms with Gasteiger partial charge in [-0.05, 0) is 61.6 Å². The zero-order valence-corrected chi connectivity index (χ0v) is 22.4. The number of aliphatic hydroxyl groups is 1. The van der Waals surface area contributed by atoms with E-state index in [-0.39, 0.29) is 24.3 Å². The standard InChI is InChI=1S/C28H35F3N6O2/c1-35(2)22-6-4-5-18(13-22)27(39)11-9-21(10-12-27)37-16-20(17-37)33-25(38)15-32-26-23-14-19(28(29,30)31)7-8-24(23)36(3)34-26/h4-8,13-14,20-21,39H,9-12,15-17H2,1-3H3,(H,32,34)(H,33,38)/t21-,27-. The lowest BCUT2D eigenvalue weighted by Crippen LogP contribution is -2.63. The van der Waals surface area contributed by atoms with Gasteiger partial charge in [0.2, 0.25) is 5.91 Å². The largest absolute Gasteiger partial charge is 0.416 e. The van der Waals surface area contributed by atoms with E-state index in [9.17, 15) is 23.1 Å². The zero-order chi connectivity index (χ0) is 27.9. The molecule has 5 rings (SSSR count). The first-order valence-electron chi connectivity index (χ1n) is 13.2. The second kappa shape index (κ2) is 10.3. The number of alkyl halides is 3. The third kappa shape index (κ3) is 5.69. The number of nitrogens with zero attached hydrogens (tertiary/aromatic N) is 4. The van der Waals surface area contributed by atoms with E-state index in [2.05, 4.69) is 26.7 Å². The van der Waals surface area contributed by atoms with Gasteiger partial charge in [0.15, 0.2) is 5.82 Å². The second-order valence-corrected chi connectivity index (χ2v) is 11.0. The lowest BCUT2D eigenvalue weighted by molar-refractivity contribution is -0.137. The maximum Gasteiger partial charge on any atom is 0.416 e. The number of likely N-dealkylation sites (tertiary alicyclic amines) is 1. The van der Waals surface area contributed by atoms with Crippen molar-refractivity contribution in [3.8, 4) is 0 Å². The SMILES string of the molecule is CN(C)c1cccc([C@]2(O)CC[C@H](N3CC(NC(=O)CNc4nn(C)c5ccc(C(F)(F)F)cc45)C3)CC2)c1. The van der Waals surface area contributed by atoms with Crippen LogP contribution in [0.25, 0.3) is 10.9 Å². The van der Waals surface area contributed by atoms with Crippen molar-refractivity contribution in [3.05, 3.63) is 53.6 Å². The van der Waals surface area contributed by atoms with Gasteiger partial charge in [0.05, 0.1) is 29.3 Å². The number of carbonyl (C=O) groups is 1. The van der Waals surface area contributed by atoms with Crippen LogP contribution in [0.3, 0.4) is 0 Å². The molecule has 1 saturated heterocycles. The molecule has 0 unspecified atom stereocenters. The van der Waals surface area contributed by atoms with Gasteiger partial charge in [-0.3, -0.25) is 14.4 Å². The van der Waals surface area contributed by atoms with Crippen LogP contribution in [0.1, 0.15) is 36.8 Å². The molecule has 0 atom stereocenters. The first-order chi connectivity index (χ1) is 18.4. The average molecular weight is 545 g/mol. The monoisotopic (exact) mass is 544 g/mol. The number of halogens is 3. The number of hydrogen-bond donors (Lipinski definition) is 3. The van der Waals surface area contributed by atoms with Gasteiger partial charge in [0.1, 0.15) is 0 Å². The van der Waals surface area contributed by atoms with Crippen molar-refractivity contribution in [2.45, 2.75) is 49.5 Å². The molecule has 1 saturated carbocycles. The Labute approximate surface area is 225 Å². The predicted molar refractivity (Wildman–Crippen MR) is 145 cm³/mol. The van der Waals surface area contributed by atoms with Crippen molar-refractivity contribution in [2.75, 3.05) is 43.9 Å². The molecule has 3 aromatic rings. The highest BCUT2D eigenvalue weighted by atomic mass is 19.4. The van der Waals surface area contributed by atoms with Crippen LogP contribution in [0.4, 0.5) is 24.7 Å². The van der Waals surface area contributed by atoms with Crippen LogP contribution in [-0.2, 0) is 23.6 Å². The summed E-state index contributed by atoms with van der Waals surface area (Å²) in [5.74, 6) is 0.0130. The topological polar surface area (TPSA) is 85.7 Å². The van der Waals surface area contributed by atoms with Crippen molar-refractivity contribution in [1.29, 1.82) is 0 Å². The number of fused-ring (bicyclic) bond motifs is 1. The number of aryl methyl sites for hydroxylation is 1. The molecule has 11 heteroatoms. The van der Waals surface area contributed by atoms with Crippen LogP contribution in [0.5, 0.6) is 0 Å². The number of amides is 1. The van der Waals surface area contributed by atoms with Crippen molar-refractivity contribution < 1.29 is 23.1 Å². The molecule has 2 aromatic carbocycles. The molecular weight excluding hydrogens is 509 g/mol. The lowest BCUT2D eigenvalue weighted by Gasteiger charge is -2.48. The van der Waals surface area contributed by atoms with Gasteiger partial charge >= 0.3 is 6.18 Å². The Bertz CT molecular complexity index is 1340.